The van der Waals surface area contributed by atoms with Crippen LogP contribution in [0.5, 0.6) is 0 Å². The van der Waals surface area contributed by atoms with Crippen molar-refractivity contribution >= 4 is 5.97 Å². The van der Waals surface area contributed by atoms with Gasteiger partial charge in [-0.15, -0.1) is 0 Å². The van der Waals surface area contributed by atoms with E-state index in [0.717, 1.165) is 24.0 Å². The molecule has 1 atom stereocenters. The molecule has 0 saturated heterocycles. The third-order valence-electron chi connectivity index (χ3n) is 4.30. The molecule has 128 valence electrons. The zero-order chi connectivity index (χ0) is 17.5. The highest BCUT2D eigenvalue weighted by atomic mass is 16.5. The SMILES string of the molecule is CCCCc1nccc(-c2ccc(C[C@H](N)C(=O)OC)cc2)c1C. The van der Waals surface area contributed by atoms with E-state index in [4.69, 9.17) is 5.73 Å². The summed E-state index contributed by atoms with van der Waals surface area (Å²) >= 11 is 0. The molecule has 2 N–H and O–H groups in total. The molecule has 2 aromatic rings. The van der Waals surface area contributed by atoms with Crippen molar-refractivity contribution in [1.29, 1.82) is 0 Å². The fourth-order valence-corrected chi connectivity index (χ4v) is 2.80. The maximum atomic E-state index is 11.4. The number of pyridine rings is 1. The predicted molar refractivity (Wildman–Crippen MR) is 96.7 cm³/mol. The standard InChI is InChI=1S/C20H26N2O2/c1-4-5-6-19-14(2)17(11-12-22-19)16-9-7-15(8-10-16)13-18(21)20(23)24-3/h7-12,18H,4-6,13,21H2,1-3H3/t18-/m0/s1. The Morgan fingerprint density at radius 2 is 1.96 bits per heavy atom. The Balaban J connectivity index is 2.17. The van der Waals surface area contributed by atoms with Gasteiger partial charge in [0.2, 0.25) is 0 Å². The molecule has 0 aliphatic carbocycles. The van der Waals surface area contributed by atoms with Crippen molar-refractivity contribution in [3.05, 3.63) is 53.3 Å². The van der Waals surface area contributed by atoms with Crippen LogP contribution in [0.3, 0.4) is 0 Å². The number of esters is 1. The van der Waals surface area contributed by atoms with Gasteiger partial charge in [0, 0.05) is 11.9 Å². The smallest absolute Gasteiger partial charge is 0.322 e. The van der Waals surface area contributed by atoms with Gasteiger partial charge in [0.05, 0.1) is 7.11 Å². The van der Waals surface area contributed by atoms with Gasteiger partial charge < -0.3 is 10.5 Å². The third-order valence-corrected chi connectivity index (χ3v) is 4.30. The van der Waals surface area contributed by atoms with E-state index in [0.29, 0.717) is 6.42 Å². The monoisotopic (exact) mass is 326 g/mol. The molecule has 0 aliphatic heterocycles. The van der Waals surface area contributed by atoms with Crippen LogP contribution >= 0.6 is 0 Å². The van der Waals surface area contributed by atoms with E-state index in [1.165, 1.54) is 30.4 Å². The van der Waals surface area contributed by atoms with E-state index < -0.39 is 6.04 Å². The minimum Gasteiger partial charge on any atom is -0.468 e. The Labute approximate surface area is 144 Å². The highest BCUT2D eigenvalue weighted by Gasteiger charge is 2.14. The number of carbonyl (C=O) groups excluding carboxylic acids is 1. The number of hydrogen-bond acceptors (Lipinski definition) is 4. The molecule has 4 heteroatoms. The van der Waals surface area contributed by atoms with Crippen LogP contribution in [0.15, 0.2) is 36.5 Å². The topological polar surface area (TPSA) is 65.2 Å². The molecule has 1 aromatic heterocycles. The molecule has 0 radical (unpaired) electrons. The quantitative estimate of drug-likeness (QED) is 0.792. The number of nitrogens with two attached hydrogens (primary N) is 1. The van der Waals surface area contributed by atoms with Crippen LogP contribution in [0.4, 0.5) is 0 Å². The molecule has 0 fully saturated rings. The normalized spacial score (nSPS) is 12.0. The average molecular weight is 326 g/mol. The van der Waals surface area contributed by atoms with Crippen molar-refractivity contribution in [3.8, 4) is 11.1 Å². The largest absolute Gasteiger partial charge is 0.468 e. The molecule has 0 unspecified atom stereocenters. The average Bonchev–Trinajstić information content (AvgIpc) is 2.61. The number of rotatable bonds is 7. The maximum Gasteiger partial charge on any atom is 0.322 e. The summed E-state index contributed by atoms with van der Waals surface area (Å²) < 4.78 is 4.67. The number of ether oxygens (including phenoxy) is 1. The zero-order valence-corrected chi connectivity index (χ0v) is 14.7. The summed E-state index contributed by atoms with van der Waals surface area (Å²) in [6.45, 7) is 4.32. The van der Waals surface area contributed by atoms with Gasteiger partial charge in [-0.05, 0) is 54.5 Å². The highest BCUT2D eigenvalue weighted by Crippen LogP contribution is 2.26. The molecule has 0 amide bonds. The summed E-state index contributed by atoms with van der Waals surface area (Å²) in [6, 6.07) is 9.62. The van der Waals surface area contributed by atoms with E-state index in [1.54, 1.807) is 0 Å². The molecule has 24 heavy (non-hydrogen) atoms. The Kier molecular flexibility index (Phi) is 6.50. The number of aromatic nitrogens is 1. The summed E-state index contributed by atoms with van der Waals surface area (Å²) in [4.78, 5) is 15.9. The molecule has 1 heterocycles. The molecular weight excluding hydrogens is 300 g/mol. The van der Waals surface area contributed by atoms with Crippen molar-refractivity contribution in [2.75, 3.05) is 7.11 Å². The second-order valence-corrected chi connectivity index (χ2v) is 6.06. The summed E-state index contributed by atoms with van der Waals surface area (Å²) in [7, 11) is 1.35. The number of methoxy groups -OCH3 is 1. The van der Waals surface area contributed by atoms with E-state index in [-0.39, 0.29) is 5.97 Å². The fraction of sp³-hybridized carbons (Fsp3) is 0.400. The van der Waals surface area contributed by atoms with Gasteiger partial charge in [0.25, 0.3) is 0 Å². The molecule has 0 saturated carbocycles. The molecule has 1 aromatic carbocycles. The molecule has 2 rings (SSSR count). The first-order valence-electron chi connectivity index (χ1n) is 8.44. The van der Waals surface area contributed by atoms with Crippen LogP contribution in [0.2, 0.25) is 0 Å². The summed E-state index contributed by atoms with van der Waals surface area (Å²) in [5, 5.41) is 0. The van der Waals surface area contributed by atoms with Crippen molar-refractivity contribution in [2.24, 2.45) is 5.73 Å². The molecule has 0 spiro atoms. The Bertz CT molecular complexity index is 681. The molecule has 4 nitrogen and oxygen atoms in total. The number of hydrogen-bond donors (Lipinski definition) is 1. The summed E-state index contributed by atoms with van der Waals surface area (Å²) in [5.41, 5.74) is 11.6. The first-order valence-corrected chi connectivity index (χ1v) is 8.44. The van der Waals surface area contributed by atoms with Crippen LogP contribution in [-0.2, 0) is 22.4 Å². The van der Waals surface area contributed by atoms with Crippen molar-refractivity contribution in [2.45, 2.75) is 45.6 Å². The van der Waals surface area contributed by atoms with Gasteiger partial charge in [-0.3, -0.25) is 9.78 Å². The Hall–Kier alpha value is -2.20. The second-order valence-electron chi connectivity index (χ2n) is 6.06. The summed E-state index contributed by atoms with van der Waals surface area (Å²) in [5.74, 6) is -0.385. The van der Waals surface area contributed by atoms with Crippen molar-refractivity contribution < 1.29 is 9.53 Å². The minimum atomic E-state index is -0.621. The van der Waals surface area contributed by atoms with Gasteiger partial charge in [0.1, 0.15) is 6.04 Å². The summed E-state index contributed by atoms with van der Waals surface area (Å²) in [6.07, 6.45) is 5.70. The molecule has 0 aliphatic rings. The first kappa shape index (κ1) is 18.1. The minimum absolute atomic E-state index is 0.385. The number of unbranched alkanes of at least 4 members (excludes halogenated alkanes) is 1. The van der Waals surface area contributed by atoms with E-state index in [2.05, 4.69) is 41.8 Å². The number of benzene rings is 1. The number of nitrogens with zero attached hydrogens (tertiary/aromatic N) is 1. The zero-order valence-electron chi connectivity index (χ0n) is 14.7. The lowest BCUT2D eigenvalue weighted by atomic mass is 9.96. The predicted octanol–water partition coefficient (Wildman–Crippen LogP) is 3.44. The lowest BCUT2D eigenvalue weighted by Crippen LogP contribution is -2.33. The first-order chi connectivity index (χ1) is 11.6. The second kappa shape index (κ2) is 8.60. The highest BCUT2D eigenvalue weighted by molar-refractivity contribution is 5.75. The Morgan fingerprint density at radius 3 is 2.58 bits per heavy atom. The molecular formula is C20H26N2O2. The number of carbonyl (C=O) groups is 1. The van der Waals surface area contributed by atoms with Crippen LogP contribution in [-0.4, -0.2) is 24.1 Å². The van der Waals surface area contributed by atoms with Gasteiger partial charge in [-0.2, -0.15) is 0 Å². The van der Waals surface area contributed by atoms with Crippen LogP contribution in [0.25, 0.3) is 11.1 Å². The van der Waals surface area contributed by atoms with E-state index >= 15 is 0 Å². The number of aryl methyl sites for hydroxylation is 1. The fourth-order valence-electron chi connectivity index (χ4n) is 2.80. The van der Waals surface area contributed by atoms with Crippen LogP contribution < -0.4 is 5.73 Å². The van der Waals surface area contributed by atoms with Crippen molar-refractivity contribution in [1.82, 2.24) is 4.98 Å². The van der Waals surface area contributed by atoms with Crippen molar-refractivity contribution in [3.63, 3.8) is 0 Å². The van der Waals surface area contributed by atoms with Gasteiger partial charge in [-0.25, -0.2) is 0 Å². The molecule has 0 bridgehead atoms. The Morgan fingerprint density at radius 1 is 1.25 bits per heavy atom. The van der Waals surface area contributed by atoms with E-state index in [1.807, 2.05) is 18.3 Å². The lowest BCUT2D eigenvalue weighted by Gasteiger charge is -2.12. The lowest BCUT2D eigenvalue weighted by molar-refractivity contribution is -0.142. The van der Waals surface area contributed by atoms with Gasteiger partial charge in [0.15, 0.2) is 0 Å². The van der Waals surface area contributed by atoms with Gasteiger partial charge >= 0.3 is 5.97 Å². The van der Waals surface area contributed by atoms with Crippen LogP contribution in [0, 0.1) is 6.92 Å². The maximum absolute atomic E-state index is 11.4. The third kappa shape index (κ3) is 4.42. The van der Waals surface area contributed by atoms with Gasteiger partial charge in [-0.1, -0.05) is 37.6 Å². The van der Waals surface area contributed by atoms with E-state index in [9.17, 15) is 4.79 Å². The van der Waals surface area contributed by atoms with Crippen LogP contribution in [0.1, 0.15) is 36.6 Å².